The van der Waals surface area contributed by atoms with Gasteiger partial charge in [-0.05, 0) is 66.8 Å². The Balaban J connectivity index is 1.05. The minimum Gasteiger partial charge on any atom is -0.497 e. The van der Waals surface area contributed by atoms with Crippen LogP contribution < -0.4 is 9.47 Å². The molecule has 0 fully saturated rings. The highest BCUT2D eigenvalue weighted by atomic mass is 32.1. The highest BCUT2D eigenvalue weighted by Crippen LogP contribution is 2.50. The van der Waals surface area contributed by atoms with Gasteiger partial charge < -0.3 is 23.7 Å². The average molecular weight is 616 g/mol. The van der Waals surface area contributed by atoms with E-state index in [0.29, 0.717) is 19.8 Å². The first-order valence-electron chi connectivity index (χ1n) is 15.4. The molecular weight excluding hydrogens is 570 g/mol. The second-order valence-electron chi connectivity index (χ2n) is 12.7. The smallest absolute Gasteiger partial charge is 0.129 e. The van der Waals surface area contributed by atoms with Crippen molar-refractivity contribution in [2.45, 2.75) is 53.6 Å². The SMILES string of the molecule is COc1cccc(C2=C(C(C)(C)COCCCCCOCc3ccc(-c4nc5ccccc5s4)c(OC)c3)C(C)(C)CO2)c1. The predicted octanol–water partition coefficient (Wildman–Crippen LogP) is 9.18. The molecular formula is C37H45NO5S. The van der Waals surface area contributed by atoms with Crippen LogP contribution in [0.3, 0.4) is 0 Å². The van der Waals surface area contributed by atoms with Gasteiger partial charge in [0.25, 0.3) is 0 Å². The highest BCUT2D eigenvalue weighted by Gasteiger charge is 2.43. The van der Waals surface area contributed by atoms with E-state index in [1.807, 2.05) is 36.4 Å². The number of methoxy groups -OCH3 is 2. The summed E-state index contributed by atoms with van der Waals surface area (Å²) in [5.41, 5.74) is 5.25. The van der Waals surface area contributed by atoms with Crippen molar-refractivity contribution in [3.8, 4) is 22.1 Å². The summed E-state index contributed by atoms with van der Waals surface area (Å²) in [6.45, 7) is 12.3. The van der Waals surface area contributed by atoms with E-state index in [-0.39, 0.29) is 10.8 Å². The van der Waals surface area contributed by atoms with E-state index >= 15 is 0 Å². The van der Waals surface area contributed by atoms with Gasteiger partial charge >= 0.3 is 0 Å². The molecule has 0 bridgehead atoms. The summed E-state index contributed by atoms with van der Waals surface area (Å²) in [6.07, 6.45) is 3.07. The number of hydrogen-bond acceptors (Lipinski definition) is 7. The van der Waals surface area contributed by atoms with Crippen molar-refractivity contribution in [1.82, 2.24) is 4.98 Å². The van der Waals surface area contributed by atoms with Crippen LogP contribution in [-0.4, -0.2) is 45.6 Å². The van der Waals surface area contributed by atoms with Crippen LogP contribution in [-0.2, 0) is 20.8 Å². The fraction of sp³-hybridized carbons (Fsp3) is 0.432. The first kappa shape index (κ1) is 32.0. The normalized spacial score (nSPS) is 14.7. The molecule has 2 heterocycles. The maximum atomic E-state index is 6.26. The number of hydrogen-bond donors (Lipinski definition) is 0. The number of unbranched alkanes of at least 4 members (excludes halogenated alkanes) is 2. The maximum absolute atomic E-state index is 6.26. The Bertz CT molecular complexity index is 1550. The van der Waals surface area contributed by atoms with Crippen molar-refractivity contribution in [3.05, 3.63) is 83.4 Å². The molecule has 44 heavy (non-hydrogen) atoms. The number of para-hydroxylation sites is 1. The van der Waals surface area contributed by atoms with Gasteiger partial charge in [0, 0.05) is 29.6 Å². The van der Waals surface area contributed by atoms with Gasteiger partial charge in [-0.1, -0.05) is 58.0 Å². The molecule has 0 radical (unpaired) electrons. The fourth-order valence-electron chi connectivity index (χ4n) is 6.08. The summed E-state index contributed by atoms with van der Waals surface area (Å²) in [7, 11) is 3.40. The third-order valence-electron chi connectivity index (χ3n) is 8.09. The lowest BCUT2D eigenvalue weighted by Gasteiger charge is -2.34. The Hall–Kier alpha value is -3.39. The summed E-state index contributed by atoms with van der Waals surface area (Å²) in [4.78, 5) is 4.78. The highest BCUT2D eigenvalue weighted by molar-refractivity contribution is 7.21. The standard InChI is InChI=1S/C37H45NO5S/c1-36(2,34-33(43-25-37(34,3)4)27-13-12-14-28(22-27)39-5)24-42-20-11-7-10-19-41-23-26-17-18-29(31(21-26)40-6)35-38-30-15-8-9-16-32(30)44-35/h8-9,12-18,21-22H,7,10-11,19-20,23-25H2,1-6H3. The Morgan fingerprint density at radius 2 is 1.68 bits per heavy atom. The van der Waals surface area contributed by atoms with E-state index in [9.17, 15) is 0 Å². The molecule has 5 rings (SSSR count). The van der Waals surface area contributed by atoms with Crippen molar-refractivity contribution in [1.29, 1.82) is 0 Å². The molecule has 1 aliphatic heterocycles. The zero-order valence-corrected chi connectivity index (χ0v) is 27.7. The number of rotatable bonds is 15. The lowest BCUT2D eigenvalue weighted by atomic mass is 9.70. The molecule has 0 spiro atoms. The minimum absolute atomic E-state index is 0.0670. The van der Waals surface area contributed by atoms with Crippen molar-refractivity contribution in [2.24, 2.45) is 10.8 Å². The van der Waals surface area contributed by atoms with Crippen molar-refractivity contribution in [3.63, 3.8) is 0 Å². The first-order valence-corrected chi connectivity index (χ1v) is 16.2. The van der Waals surface area contributed by atoms with Gasteiger partial charge in [-0.15, -0.1) is 11.3 Å². The Kier molecular flexibility index (Phi) is 10.3. The quantitative estimate of drug-likeness (QED) is 0.124. The number of aromatic nitrogens is 1. The van der Waals surface area contributed by atoms with Crippen LogP contribution in [0.25, 0.3) is 26.5 Å². The van der Waals surface area contributed by atoms with Gasteiger partial charge in [0.15, 0.2) is 0 Å². The third kappa shape index (κ3) is 7.45. The van der Waals surface area contributed by atoms with Gasteiger partial charge in [0.05, 0.1) is 49.8 Å². The van der Waals surface area contributed by atoms with E-state index in [1.165, 1.54) is 10.3 Å². The molecule has 0 N–H and O–H groups in total. The summed E-state index contributed by atoms with van der Waals surface area (Å²) in [5.74, 6) is 2.62. The summed E-state index contributed by atoms with van der Waals surface area (Å²) in [6, 6.07) is 22.6. The van der Waals surface area contributed by atoms with Crippen LogP contribution in [0, 0.1) is 10.8 Å². The van der Waals surface area contributed by atoms with Crippen LogP contribution in [0.2, 0.25) is 0 Å². The Morgan fingerprint density at radius 3 is 2.45 bits per heavy atom. The minimum atomic E-state index is -0.162. The van der Waals surface area contributed by atoms with Crippen LogP contribution in [0.4, 0.5) is 0 Å². The molecule has 0 atom stereocenters. The molecule has 7 heteroatoms. The lowest BCUT2D eigenvalue weighted by molar-refractivity contribution is 0.0652. The van der Waals surface area contributed by atoms with E-state index in [1.54, 1.807) is 25.6 Å². The van der Waals surface area contributed by atoms with Crippen molar-refractivity contribution >= 4 is 27.3 Å². The van der Waals surface area contributed by atoms with Crippen LogP contribution in [0.15, 0.2) is 72.3 Å². The fourth-order valence-corrected chi connectivity index (χ4v) is 7.08. The summed E-state index contributed by atoms with van der Waals surface area (Å²) >= 11 is 1.68. The molecule has 0 unspecified atom stereocenters. The van der Waals surface area contributed by atoms with Gasteiger partial charge in [-0.3, -0.25) is 0 Å². The number of benzene rings is 3. The first-order chi connectivity index (χ1) is 21.2. The number of nitrogens with zero attached hydrogens (tertiary/aromatic N) is 1. The molecule has 3 aromatic carbocycles. The summed E-state index contributed by atoms with van der Waals surface area (Å²) in [5, 5.41) is 0.968. The zero-order chi connectivity index (χ0) is 31.2. The van der Waals surface area contributed by atoms with Gasteiger partial charge in [-0.25, -0.2) is 4.98 Å². The van der Waals surface area contributed by atoms with E-state index < -0.39 is 0 Å². The Morgan fingerprint density at radius 1 is 0.886 bits per heavy atom. The van der Waals surface area contributed by atoms with Gasteiger partial charge in [0.1, 0.15) is 22.3 Å². The molecule has 6 nitrogen and oxygen atoms in total. The average Bonchev–Trinajstić information content (AvgIpc) is 3.60. The van der Waals surface area contributed by atoms with Gasteiger partial charge in [0.2, 0.25) is 0 Å². The van der Waals surface area contributed by atoms with Gasteiger partial charge in [-0.2, -0.15) is 0 Å². The second-order valence-corrected chi connectivity index (χ2v) is 13.7. The van der Waals surface area contributed by atoms with E-state index in [0.717, 1.165) is 76.9 Å². The lowest BCUT2D eigenvalue weighted by Crippen LogP contribution is -2.31. The molecule has 0 aliphatic carbocycles. The zero-order valence-electron chi connectivity index (χ0n) is 26.9. The summed E-state index contributed by atoms with van der Waals surface area (Å²) < 4.78 is 30.8. The second kappa shape index (κ2) is 14.1. The van der Waals surface area contributed by atoms with Crippen LogP contribution in [0.5, 0.6) is 11.5 Å². The van der Waals surface area contributed by atoms with E-state index in [2.05, 4.69) is 58.0 Å². The van der Waals surface area contributed by atoms with E-state index in [4.69, 9.17) is 28.7 Å². The van der Waals surface area contributed by atoms with Crippen LogP contribution in [0.1, 0.15) is 58.1 Å². The van der Waals surface area contributed by atoms with Crippen molar-refractivity contribution < 1.29 is 23.7 Å². The molecule has 0 amide bonds. The number of ether oxygens (including phenoxy) is 5. The topological polar surface area (TPSA) is 59.0 Å². The predicted molar refractivity (Wildman–Crippen MR) is 179 cm³/mol. The molecule has 1 aliphatic rings. The molecule has 4 aromatic rings. The molecule has 1 aromatic heterocycles. The molecule has 0 saturated heterocycles. The Labute approximate surface area is 266 Å². The monoisotopic (exact) mass is 615 g/mol. The maximum Gasteiger partial charge on any atom is 0.129 e. The third-order valence-corrected chi connectivity index (χ3v) is 9.16. The molecule has 234 valence electrons. The van der Waals surface area contributed by atoms with Crippen molar-refractivity contribution in [2.75, 3.05) is 40.6 Å². The van der Waals surface area contributed by atoms with Crippen LogP contribution >= 0.6 is 11.3 Å². The molecule has 0 saturated carbocycles. The largest absolute Gasteiger partial charge is 0.497 e. The number of fused-ring (bicyclic) bond motifs is 1. The number of thiazole rings is 1.